The summed E-state index contributed by atoms with van der Waals surface area (Å²) in [5.74, 6) is 0.656. The number of aromatic nitrogens is 4. The number of fused-ring (bicyclic) bond motifs is 10. The normalized spacial score (nSPS) is 11.9. The van der Waals surface area contributed by atoms with E-state index in [1.54, 1.807) is 0 Å². The van der Waals surface area contributed by atoms with E-state index >= 15 is 0 Å². The van der Waals surface area contributed by atoms with Crippen molar-refractivity contribution < 1.29 is 0 Å². The summed E-state index contributed by atoms with van der Waals surface area (Å²) in [6.45, 7) is 0. The Kier molecular flexibility index (Phi) is 7.57. The Morgan fingerprint density at radius 1 is 0.306 bits per heavy atom. The molecule has 0 spiro atoms. The Labute approximate surface area is 357 Å². The summed E-state index contributed by atoms with van der Waals surface area (Å²) in [6, 6.07) is 78.6. The van der Waals surface area contributed by atoms with Crippen LogP contribution in [0.2, 0.25) is 0 Å². The average molecular weight is 789 g/mol. The lowest BCUT2D eigenvalue weighted by Crippen LogP contribution is -2.03. The highest BCUT2D eigenvalue weighted by Crippen LogP contribution is 2.43. The van der Waals surface area contributed by atoms with Crippen molar-refractivity contribution in [1.82, 2.24) is 19.1 Å². The number of para-hydroxylation sites is 4. The predicted molar refractivity (Wildman–Crippen MR) is 260 cm³/mol. The zero-order chi connectivity index (χ0) is 40.7. The highest BCUT2D eigenvalue weighted by atomic mass is 15.2. The molecular formula is C58H36N4. The molecule has 0 amide bonds. The van der Waals surface area contributed by atoms with E-state index in [4.69, 9.17) is 9.97 Å². The number of hydrogen-bond donors (Lipinski definition) is 0. The first-order valence-corrected chi connectivity index (χ1v) is 21.2. The number of hydrogen-bond acceptors (Lipinski definition) is 2. The molecule has 0 saturated heterocycles. The number of benzene rings is 10. The van der Waals surface area contributed by atoms with Crippen molar-refractivity contribution in [3.8, 4) is 45.1 Å². The topological polar surface area (TPSA) is 35.6 Å². The van der Waals surface area contributed by atoms with E-state index < -0.39 is 0 Å². The van der Waals surface area contributed by atoms with Crippen LogP contribution >= 0.6 is 0 Å². The van der Waals surface area contributed by atoms with Crippen molar-refractivity contribution in [2.24, 2.45) is 0 Å². The predicted octanol–water partition coefficient (Wildman–Crippen LogP) is 15.1. The largest absolute Gasteiger partial charge is 0.309 e. The lowest BCUT2D eigenvalue weighted by Gasteiger charge is -2.14. The maximum absolute atomic E-state index is 5.37. The Morgan fingerprint density at radius 3 is 1.66 bits per heavy atom. The van der Waals surface area contributed by atoms with Gasteiger partial charge in [0.1, 0.15) is 0 Å². The first-order chi connectivity index (χ1) is 30.7. The maximum atomic E-state index is 5.37. The van der Waals surface area contributed by atoms with Crippen LogP contribution in [0.3, 0.4) is 0 Å². The van der Waals surface area contributed by atoms with Gasteiger partial charge in [-0.25, -0.2) is 9.97 Å². The van der Waals surface area contributed by atoms with Crippen LogP contribution in [0.5, 0.6) is 0 Å². The molecule has 13 rings (SSSR count). The minimum absolute atomic E-state index is 0.656. The fraction of sp³-hybridized carbons (Fsp3) is 0. The van der Waals surface area contributed by atoms with E-state index in [1.165, 1.54) is 76.4 Å². The monoisotopic (exact) mass is 788 g/mol. The van der Waals surface area contributed by atoms with Crippen LogP contribution < -0.4 is 0 Å². The lowest BCUT2D eigenvalue weighted by atomic mass is 9.93. The Morgan fingerprint density at radius 2 is 0.871 bits per heavy atom. The molecule has 0 radical (unpaired) electrons. The molecule has 3 aromatic heterocycles. The van der Waals surface area contributed by atoms with Gasteiger partial charge in [-0.3, -0.25) is 4.57 Å². The van der Waals surface area contributed by atoms with Crippen LogP contribution in [-0.2, 0) is 0 Å². The third kappa shape index (κ3) is 5.27. The van der Waals surface area contributed by atoms with Gasteiger partial charge in [0, 0.05) is 38.2 Å². The molecule has 13 aromatic rings. The number of rotatable bonds is 5. The molecule has 0 N–H and O–H groups in total. The molecule has 0 atom stereocenters. The van der Waals surface area contributed by atoms with Gasteiger partial charge in [-0.15, -0.1) is 0 Å². The van der Waals surface area contributed by atoms with Crippen LogP contribution in [0.15, 0.2) is 218 Å². The van der Waals surface area contributed by atoms with Gasteiger partial charge in [-0.1, -0.05) is 164 Å². The van der Waals surface area contributed by atoms with E-state index in [9.17, 15) is 0 Å². The van der Waals surface area contributed by atoms with Gasteiger partial charge >= 0.3 is 0 Å². The van der Waals surface area contributed by atoms with E-state index in [0.717, 1.165) is 38.9 Å². The Bertz CT molecular complexity index is 3920. The Balaban J connectivity index is 0.982. The molecule has 0 saturated carbocycles. The van der Waals surface area contributed by atoms with Crippen LogP contribution in [0.25, 0.3) is 121 Å². The van der Waals surface area contributed by atoms with E-state index in [-0.39, 0.29) is 0 Å². The van der Waals surface area contributed by atoms with Gasteiger partial charge in [0.05, 0.1) is 33.3 Å². The molecule has 62 heavy (non-hydrogen) atoms. The highest BCUT2D eigenvalue weighted by molar-refractivity contribution is 6.24. The van der Waals surface area contributed by atoms with Crippen LogP contribution in [0.4, 0.5) is 0 Å². The maximum Gasteiger partial charge on any atom is 0.235 e. The van der Waals surface area contributed by atoms with E-state index in [1.807, 2.05) is 6.07 Å². The molecule has 0 bridgehead atoms. The van der Waals surface area contributed by atoms with Crippen molar-refractivity contribution >= 4 is 76.1 Å². The third-order valence-electron chi connectivity index (χ3n) is 12.7. The lowest BCUT2D eigenvalue weighted by molar-refractivity contribution is 1.01. The van der Waals surface area contributed by atoms with Gasteiger partial charge < -0.3 is 4.57 Å². The van der Waals surface area contributed by atoms with Crippen LogP contribution in [-0.4, -0.2) is 19.1 Å². The summed E-state index contributed by atoms with van der Waals surface area (Å²) in [7, 11) is 0. The Hall–Kier alpha value is -8.34. The van der Waals surface area contributed by atoms with Gasteiger partial charge in [-0.05, 0) is 98.4 Å². The third-order valence-corrected chi connectivity index (χ3v) is 12.7. The van der Waals surface area contributed by atoms with Gasteiger partial charge in [-0.2, -0.15) is 0 Å². The molecule has 3 heterocycles. The SMILES string of the molecule is c1ccc(-c2nc(-n3c4ccccc4c4c5ccccc5c(-c5ccc6cc(-c7ccc8c9ccccc9n(-c9ccccc9)c8c7)ccc6c5)cc43)nc3ccccc23)cc1. The van der Waals surface area contributed by atoms with E-state index in [0.29, 0.717) is 5.95 Å². The first-order valence-electron chi connectivity index (χ1n) is 21.2. The molecule has 0 aliphatic rings. The van der Waals surface area contributed by atoms with Crippen molar-refractivity contribution in [3.05, 3.63) is 218 Å². The van der Waals surface area contributed by atoms with Crippen molar-refractivity contribution in [3.63, 3.8) is 0 Å². The molecule has 0 unspecified atom stereocenters. The summed E-state index contributed by atoms with van der Waals surface area (Å²) in [5.41, 5.74) is 13.4. The molecule has 0 aliphatic heterocycles. The number of nitrogens with zero attached hydrogens (tertiary/aromatic N) is 4. The minimum Gasteiger partial charge on any atom is -0.309 e. The molecular weight excluding hydrogens is 753 g/mol. The molecule has 288 valence electrons. The second-order valence-corrected chi connectivity index (χ2v) is 16.2. The summed E-state index contributed by atoms with van der Waals surface area (Å²) in [5, 5.41) is 10.7. The minimum atomic E-state index is 0.656. The molecule has 0 aliphatic carbocycles. The van der Waals surface area contributed by atoms with Crippen molar-refractivity contribution in [1.29, 1.82) is 0 Å². The van der Waals surface area contributed by atoms with Gasteiger partial charge in [0.15, 0.2) is 0 Å². The second kappa shape index (κ2) is 13.6. The van der Waals surface area contributed by atoms with E-state index in [2.05, 4.69) is 221 Å². The van der Waals surface area contributed by atoms with Crippen molar-refractivity contribution in [2.45, 2.75) is 0 Å². The zero-order valence-corrected chi connectivity index (χ0v) is 33.6. The molecule has 4 nitrogen and oxygen atoms in total. The molecule has 10 aromatic carbocycles. The smallest absolute Gasteiger partial charge is 0.235 e. The summed E-state index contributed by atoms with van der Waals surface area (Å²) >= 11 is 0. The van der Waals surface area contributed by atoms with Crippen LogP contribution in [0.1, 0.15) is 0 Å². The van der Waals surface area contributed by atoms with Gasteiger partial charge in [0.2, 0.25) is 5.95 Å². The fourth-order valence-electron chi connectivity index (χ4n) is 9.86. The molecule has 4 heteroatoms. The quantitative estimate of drug-likeness (QED) is 0.174. The average Bonchev–Trinajstić information content (AvgIpc) is 3.86. The standard InChI is InChI=1S/C58H36N4/c1-3-15-37(16-4-1)57-48-22-9-12-24-51(48)59-58(60-57)62-53-26-14-11-23-49(53)56-47-21-8-7-19-44(47)50(36-55(56)62)42-30-29-38-33-39(27-28-40(38)34-42)41-31-32-46-45-20-10-13-25-52(45)61(54(46)35-41)43-17-5-2-6-18-43/h1-36H. The van der Waals surface area contributed by atoms with Gasteiger partial charge in [0.25, 0.3) is 0 Å². The molecule has 0 fully saturated rings. The van der Waals surface area contributed by atoms with Crippen LogP contribution in [0, 0.1) is 0 Å². The second-order valence-electron chi connectivity index (χ2n) is 16.2. The fourth-order valence-corrected chi connectivity index (χ4v) is 9.86. The first kappa shape index (κ1) is 34.5. The zero-order valence-electron chi connectivity index (χ0n) is 33.6. The summed E-state index contributed by atoms with van der Waals surface area (Å²) < 4.78 is 4.65. The van der Waals surface area contributed by atoms with Crippen molar-refractivity contribution in [2.75, 3.05) is 0 Å². The highest BCUT2D eigenvalue weighted by Gasteiger charge is 2.21. The summed E-state index contributed by atoms with van der Waals surface area (Å²) in [6.07, 6.45) is 0. The summed E-state index contributed by atoms with van der Waals surface area (Å²) in [4.78, 5) is 10.6.